The van der Waals surface area contributed by atoms with Crippen LogP contribution in [0.5, 0.6) is 0 Å². The Morgan fingerprint density at radius 1 is 1.10 bits per heavy atom. The van der Waals surface area contributed by atoms with Gasteiger partial charge in [0.25, 0.3) is 0 Å². The molecule has 1 N–H and O–H groups in total. The van der Waals surface area contributed by atoms with Gasteiger partial charge in [0.1, 0.15) is 0 Å². The Morgan fingerprint density at radius 3 is 2.33 bits per heavy atom. The second kappa shape index (κ2) is 6.97. The third-order valence-corrected chi connectivity index (χ3v) is 8.62. The van der Waals surface area contributed by atoms with Crippen molar-refractivity contribution in [3.05, 3.63) is 35.4 Å². The van der Waals surface area contributed by atoms with Crippen molar-refractivity contribution in [2.75, 3.05) is 12.8 Å². The second-order valence-corrected chi connectivity index (χ2v) is 9.51. The van der Waals surface area contributed by atoms with Crippen molar-refractivity contribution in [1.29, 1.82) is 0 Å². The molecule has 1 aromatic carbocycles. The molecule has 1 saturated heterocycles. The van der Waals surface area contributed by atoms with Crippen molar-refractivity contribution in [3.63, 3.8) is 0 Å². The van der Waals surface area contributed by atoms with Crippen molar-refractivity contribution >= 4 is 23.5 Å². The predicted molar refractivity (Wildman–Crippen MR) is 97.6 cm³/mol. The molecule has 0 radical (unpaired) electrons. The standard InChI is InChI=1S/C18H27NS2/c1-12-13(2)21-17(11-20-12)18(19-3)16-9-7-15(8-10-16)14-5-4-6-14/h7-10,12-14,17-19H,4-6,11H2,1-3H3. The van der Waals surface area contributed by atoms with Crippen LogP contribution < -0.4 is 5.32 Å². The summed E-state index contributed by atoms with van der Waals surface area (Å²) >= 11 is 4.30. The first-order valence-corrected chi connectivity index (χ1v) is 10.2. The fourth-order valence-corrected chi connectivity index (χ4v) is 6.42. The first kappa shape index (κ1) is 15.8. The molecule has 1 saturated carbocycles. The van der Waals surface area contributed by atoms with Crippen LogP contribution in [0.2, 0.25) is 0 Å². The second-order valence-electron chi connectivity index (χ2n) is 6.48. The minimum atomic E-state index is 0.480. The lowest BCUT2D eigenvalue weighted by atomic mass is 9.80. The number of thioether (sulfide) groups is 2. The number of hydrogen-bond donors (Lipinski definition) is 1. The molecule has 2 aliphatic rings. The first-order chi connectivity index (χ1) is 10.2. The van der Waals surface area contributed by atoms with E-state index in [9.17, 15) is 0 Å². The van der Waals surface area contributed by atoms with Gasteiger partial charge in [-0.2, -0.15) is 23.5 Å². The lowest BCUT2D eigenvalue weighted by Crippen LogP contribution is -2.35. The van der Waals surface area contributed by atoms with E-state index in [1.807, 2.05) is 0 Å². The van der Waals surface area contributed by atoms with Crippen LogP contribution in [-0.2, 0) is 0 Å². The number of rotatable bonds is 4. The molecule has 0 spiro atoms. The normalized spacial score (nSPS) is 31.7. The molecule has 3 heteroatoms. The molecule has 116 valence electrons. The summed E-state index contributed by atoms with van der Waals surface area (Å²) in [6.07, 6.45) is 4.19. The molecular formula is C18H27NS2. The molecule has 21 heavy (non-hydrogen) atoms. The van der Waals surface area contributed by atoms with Gasteiger partial charge in [-0.1, -0.05) is 44.5 Å². The van der Waals surface area contributed by atoms with Crippen LogP contribution in [0.15, 0.2) is 24.3 Å². The van der Waals surface area contributed by atoms with Crippen LogP contribution in [0.1, 0.15) is 56.2 Å². The SMILES string of the molecule is CNC(c1ccc(C2CCC2)cc1)C1CSC(C)C(C)S1. The van der Waals surface area contributed by atoms with E-state index in [0.717, 1.165) is 16.4 Å². The van der Waals surface area contributed by atoms with E-state index in [2.05, 4.69) is 74.0 Å². The highest BCUT2D eigenvalue weighted by Gasteiger charge is 2.31. The highest BCUT2D eigenvalue weighted by molar-refractivity contribution is 8.07. The molecule has 4 atom stereocenters. The lowest BCUT2D eigenvalue weighted by molar-refractivity contribution is 0.419. The molecule has 1 nitrogen and oxygen atoms in total. The summed E-state index contributed by atoms with van der Waals surface area (Å²) in [7, 11) is 2.11. The molecule has 1 heterocycles. The molecule has 1 aliphatic carbocycles. The summed E-state index contributed by atoms with van der Waals surface area (Å²) in [6.45, 7) is 4.74. The molecule has 0 aromatic heterocycles. The minimum Gasteiger partial charge on any atom is -0.312 e. The molecule has 1 aromatic rings. The van der Waals surface area contributed by atoms with Crippen LogP contribution in [0, 0.1) is 0 Å². The van der Waals surface area contributed by atoms with E-state index in [1.54, 1.807) is 5.56 Å². The van der Waals surface area contributed by atoms with E-state index in [4.69, 9.17) is 0 Å². The fraction of sp³-hybridized carbons (Fsp3) is 0.667. The maximum Gasteiger partial charge on any atom is 0.0446 e. The summed E-state index contributed by atoms with van der Waals surface area (Å²) in [6, 6.07) is 9.95. The Hall–Kier alpha value is -0.120. The Bertz CT molecular complexity index is 455. The third kappa shape index (κ3) is 3.46. The Morgan fingerprint density at radius 2 is 1.81 bits per heavy atom. The molecule has 0 bridgehead atoms. The van der Waals surface area contributed by atoms with Crippen molar-refractivity contribution in [1.82, 2.24) is 5.32 Å². The topological polar surface area (TPSA) is 12.0 Å². The van der Waals surface area contributed by atoms with Crippen molar-refractivity contribution in [2.45, 2.75) is 60.8 Å². The van der Waals surface area contributed by atoms with Crippen molar-refractivity contribution in [3.8, 4) is 0 Å². The maximum atomic E-state index is 3.57. The van der Waals surface area contributed by atoms with Gasteiger partial charge in [-0.3, -0.25) is 0 Å². The molecule has 4 unspecified atom stereocenters. The molecule has 1 aliphatic heterocycles. The van der Waals surface area contributed by atoms with E-state index in [1.165, 1.54) is 30.6 Å². The van der Waals surface area contributed by atoms with Gasteiger partial charge in [0.2, 0.25) is 0 Å². The Kier molecular flexibility index (Phi) is 5.23. The quantitative estimate of drug-likeness (QED) is 0.852. The lowest BCUT2D eigenvalue weighted by Gasteiger charge is -2.36. The van der Waals surface area contributed by atoms with Crippen LogP contribution >= 0.6 is 23.5 Å². The van der Waals surface area contributed by atoms with Gasteiger partial charge in [-0.05, 0) is 36.9 Å². The predicted octanol–water partition coefficient (Wildman–Crippen LogP) is 4.84. The number of benzene rings is 1. The van der Waals surface area contributed by atoms with Gasteiger partial charge in [-0.15, -0.1) is 0 Å². The van der Waals surface area contributed by atoms with E-state index < -0.39 is 0 Å². The zero-order chi connectivity index (χ0) is 14.8. The van der Waals surface area contributed by atoms with Crippen LogP contribution in [-0.4, -0.2) is 28.6 Å². The molecule has 0 amide bonds. The minimum absolute atomic E-state index is 0.480. The zero-order valence-corrected chi connectivity index (χ0v) is 15.0. The average molecular weight is 322 g/mol. The smallest absolute Gasteiger partial charge is 0.0446 e. The maximum absolute atomic E-state index is 3.57. The summed E-state index contributed by atoms with van der Waals surface area (Å²) in [5, 5.41) is 5.78. The monoisotopic (exact) mass is 321 g/mol. The summed E-state index contributed by atoms with van der Waals surface area (Å²) < 4.78 is 0. The van der Waals surface area contributed by atoms with Gasteiger partial charge in [-0.25, -0.2) is 0 Å². The van der Waals surface area contributed by atoms with Crippen molar-refractivity contribution in [2.24, 2.45) is 0 Å². The summed E-state index contributed by atoms with van der Waals surface area (Å²) in [5.41, 5.74) is 3.01. The van der Waals surface area contributed by atoms with Crippen LogP contribution in [0.3, 0.4) is 0 Å². The van der Waals surface area contributed by atoms with Crippen LogP contribution in [0.4, 0.5) is 0 Å². The van der Waals surface area contributed by atoms with Gasteiger partial charge in [0.05, 0.1) is 0 Å². The highest BCUT2D eigenvalue weighted by Crippen LogP contribution is 2.41. The molecule has 2 fully saturated rings. The summed E-state index contributed by atoms with van der Waals surface area (Å²) in [4.78, 5) is 0. The number of nitrogens with one attached hydrogen (secondary N) is 1. The first-order valence-electron chi connectivity index (χ1n) is 8.23. The Labute approximate surface area is 138 Å². The summed E-state index contributed by atoms with van der Waals surface area (Å²) in [5.74, 6) is 2.10. The fourth-order valence-electron chi connectivity index (χ4n) is 3.27. The van der Waals surface area contributed by atoms with Gasteiger partial charge < -0.3 is 5.32 Å². The zero-order valence-electron chi connectivity index (χ0n) is 13.3. The third-order valence-electron chi connectivity index (χ3n) is 5.13. The van der Waals surface area contributed by atoms with Crippen LogP contribution in [0.25, 0.3) is 0 Å². The highest BCUT2D eigenvalue weighted by atomic mass is 32.2. The van der Waals surface area contributed by atoms with Gasteiger partial charge in [0.15, 0.2) is 0 Å². The van der Waals surface area contributed by atoms with E-state index >= 15 is 0 Å². The van der Waals surface area contributed by atoms with Gasteiger partial charge >= 0.3 is 0 Å². The van der Waals surface area contributed by atoms with E-state index in [-0.39, 0.29) is 0 Å². The van der Waals surface area contributed by atoms with E-state index in [0.29, 0.717) is 11.3 Å². The molecular weight excluding hydrogens is 294 g/mol. The average Bonchev–Trinajstić information content (AvgIpc) is 2.43. The molecule has 3 rings (SSSR count). The Balaban J connectivity index is 1.70. The van der Waals surface area contributed by atoms with Gasteiger partial charge in [0, 0.05) is 27.5 Å². The largest absolute Gasteiger partial charge is 0.312 e. The van der Waals surface area contributed by atoms with Crippen molar-refractivity contribution < 1.29 is 0 Å². The number of hydrogen-bond acceptors (Lipinski definition) is 3.